The van der Waals surface area contributed by atoms with Gasteiger partial charge >= 0.3 is 5.97 Å². The van der Waals surface area contributed by atoms with Crippen LogP contribution in [0.3, 0.4) is 0 Å². The number of benzene rings is 1. The summed E-state index contributed by atoms with van der Waals surface area (Å²) in [6.45, 7) is 3.06. The van der Waals surface area contributed by atoms with E-state index in [1.165, 1.54) is 20.1 Å². The summed E-state index contributed by atoms with van der Waals surface area (Å²) in [5.41, 5.74) is 0.954. The van der Waals surface area contributed by atoms with Crippen LogP contribution in [0, 0.1) is 12.8 Å². The standard InChI is InChI=1S/C12H13ClO4/c1-6-4-10(17-3)9(13)5-8(6)11(14)7(2)12(15)16/h4-5,7H,1-3H3,(H,15,16). The number of halogens is 1. The lowest BCUT2D eigenvalue weighted by molar-refractivity contribution is -0.139. The van der Waals surface area contributed by atoms with Gasteiger partial charge in [-0.1, -0.05) is 11.6 Å². The predicted octanol–water partition coefficient (Wildman–Crippen LogP) is 2.56. The van der Waals surface area contributed by atoms with Gasteiger partial charge in [0.05, 0.1) is 12.1 Å². The van der Waals surface area contributed by atoms with Gasteiger partial charge in [0.2, 0.25) is 0 Å². The number of rotatable bonds is 4. The molecule has 1 aromatic carbocycles. The highest BCUT2D eigenvalue weighted by Crippen LogP contribution is 2.29. The molecular formula is C12H13ClO4. The zero-order valence-corrected chi connectivity index (χ0v) is 10.5. The van der Waals surface area contributed by atoms with Crippen molar-refractivity contribution in [1.82, 2.24) is 0 Å². The number of aryl methyl sites for hydroxylation is 1. The third-order valence-corrected chi connectivity index (χ3v) is 2.82. The van der Waals surface area contributed by atoms with Crippen LogP contribution in [0.5, 0.6) is 5.75 Å². The first-order valence-corrected chi connectivity index (χ1v) is 5.37. The largest absolute Gasteiger partial charge is 0.495 e. The van der Waals surface area contributed by atoms with Crippen LogP contribution in [0.1, 0.15) is 22.8 Å². The summed E-state index contributed by atoms with van der Waals surface area (Å²) in [4.78, 5) is 22.6. The Bertz CT molecular complexity index is 468. The maximum atomic E-state index is 11.9. The Balaban J connectivity index is 3.20. The molecule has 17 heavy (non-hydrogen) atoms. The highest BCUT2D eigenvalue weighted by molar-refractivity contribution is 6.32. The van der Waals surface area contributed by atoms with Crippen LogP contribution in [-0.4, -0.2) is 24.0 Å². The zero-order valence-electron chi connectivity index (χ0n) is 9.78. The molecule has 0 saturated heterocycles. The van der Waals surface area contributed by atoms with E-state index in [0.29, 0.717) is 21.9 Å². The molecule has 0 aliphatic carbocycles. The Hall–Kier alpha value is -1.55. The number of hydrogen-bond acceptors (Lipinski definition) is 3. The summed E-state index contributed by atoms with van der Waals surface area (Å²) in [6, 6.07) is 3.06. The molecule has 0 fully saturated rings. The average Bonchev–Trinajstić information content (AvgIpc) is 2.29. The van der Waals surface area contributed by atoms with Crippen molar-refractivity contribution in [2.24, 2.45) is 5.92 Å². The lowest BCUT2D eigenvalue weighted by atomic mass is 9.96. The van der Waals surface area contributed by atoms with Crippen LogP contribution in [0.25, 0.3) is 0 Å². The summed E-state index contributed by atoms with van der Waals surface area (Å²) >= 11 is 5.91. The SMILES string of the molecule is COc1cc(C)c(C(=O)C(C)C(=O)O)cc1Cl. The molecule has 0 amide bonds. The second-order valence-electron chi connectivity index (χ2n) is 3.73. The molecule has 1 N–H and O–H groups in total. The van der Waals surface area contributed by atoms with Crippen LogP contribution in [0.4, 0.5) is 0 Å². The van der Waals surface area contributed by atoms with Crippen molar-refractivity contribution in [2.45, 2.75) is 13.8 Å². The number of hydrogen-bond donors (Lipinski definition) is 1. The summed E-state index contributed by atoms with van der Waals surface area (Å²) in [7, 11) is 1.47. The minimum Gasteiger partial charge on any atom is -0.495 e. The Kier molecular flexibility index (Phi) is 4.12. The molecule has 1 aromatic rings. The van der Waals surface area contributed by atoms with Crippen LogP contribution in [0.15, 0.2) is 12.1 Å². The van der Waals surface area contributed by atoms with E-state index < -0.39 is 17.7 Å². The molecule has 0 radical (unpaired) electrons. The molecule has 0 heterocycles. The van der Waals surface area contributed by atoms with Gasteiger partial charge < -0.3 is 9.84 Å². The van der Waals surface area contributed by atoms with Crippen LogP contribution < -0.4 is 4.74 Å². The molecule has 0 aliphatic heterocycles. The van der Waals surface area contributed by atoms with Gasteiger partial charge in [0.1, 0.15) is 11.7 Å². The van der Waals surface area contributed by atoms with Gasteiger partial charge in [-0.05, 0) is 31.5 Å². The zero-order chi connectivity index (χ0) is 13.2. The first-order valence-electron chi connectivity index (χ1n) is 4.99. The summed E-state index contributed by atoms with van der Waals surface area (Å²) in [5.74, 6) is -2.23. The smallest absolute Gasteiger partial charge is 0.314 e. The number of ketones is 1. The predicted molar refractivity (Wildman–Crippen MR) is 63.9 cm³/mol. The van der Waals surface area contributed by atoms with E-state index >= 15 is 0 Å². The molecule has 1 atom stereocenters. The van der Waals surface area contributed by atoms with Crippen LogP contribution in [0.2, 0.25) is 5.02 Å². The average molecular weight is 257 g/mol. The van der Waals surface area contributed by atoms with E-state index in [-0.39, 0.29) is 0 Å². The van der Waals surface area contributed by atoms with Crippen molar-refractivity contribution in [3.63, 3.8) is 0 Å². The first-order chi connectivity index (χ1) is 7.88. The Labute approximate surface area is 104 Å². The van der Waals surface area contributed by atoms with E-state index in [4.69, 9.17) is 21.4 Å². The number of Topliss-reactive ketones (excluding diaryl/α,β-unsaturated/α-hetero) is 1. The molecular weight excluding hydrogens is 244 g/mol. The molecule has 1 unspecified atom stereocenters. The van der Waals surface area contributed by atoms with Gasteiger partial charge in [0.25, 0.3) is 0 Å². The maximum Gasteiger partial charge on any atom is 0.314 e. The minimum atomic E-state index is -1.15. The van der Waals surface area contributed by atoms with Gasteiger partial charge in [-0.2, -0.15) is 0 Å². The third-order valence-electron chi connectivity index (χ3n) is 2.53. The van der Waals surface area contributed by atoms with Gasteiger partial charge in [0, 0.05) is 5.56 Å². The van der Waals surface area contributed by atoms with E-state index in [0.717, 1.165) is 0 Å². The number of carbonyl (C=O) groups is 2. The second-order valence-corrected chi connectivity index (χ2v) is 4.13. The summed E-state index contributed by atoms with van der Waals surface area (Å²) in [6.07, 6.45) is 0. The van der Waals surface area contributed by atoms with Crippen molar-refractivity contribution in [1.29, 1.82) is 0 Å². The molecule has 1 rings (SSSR count). The van der Waals surface area contributed by atoms with Gasteiger partial charge in [-0.25, -0.2) is 0 Å². The Morgan fingerprint density at radius 1 is 1.41 bits per heavy atom. The molecule has 0 spiro atoms. The molecule has 0 aliphatic rings. The van der Waals surface area contributed by atoms with Gasteiger partial charge in [0.15, 0.2) is 5.78 Å². The highest BCUT2D eigenvalue weighted by Gasteiger charge is 2.24. The molecule has 5 heteroatoms. The normalized spacial score (nSPS) is 12.0. The molecule has 0 aromatic heterocycles. The van der Waals surface area contributed by atoms with E-state index in [2.05, 4.69) is 0 Å². The number of ether oxygens (including phenoxy) is 1. The Morgan fingerprint density at radius 2 is 2.00 bits per heavy atom. The molecule has 0 bridgehead atoms. The van der Waals surface area contributed by atoms with Crippen molar-refractivity contribution < 1.29 is 19.4 Å². The lowest BCUT2D eigenvalue weighted by Crippen LogP contribution is -2.21. The molecule has 92 valence electrons. The van der Waals surface area contributed by atoms with E-state index in [1.54, 1.807) is 13.0 Å². The number of aliphatic carboxylic acids is 1. The number of carboxylic acid groups (broad SMARTS) is 1. The highest BCUT2D eigenvalue weighted by atomic mass is 35.5. The van der Waals surface area contributed by atoms with Crippen LogP contribution in [-0.2, 0) is 4.79 Å². The minimum absolute atomic E-state index is 0.291. The number of carboxylic acids is 1. The second kappa shape index (κ2) is 5.19. The summed E-state index contributed by atoms with van der Waals surface area (Å²) in [5, 5.41) is 9.09. The number of methoxy groups -OCH3 is 1. The fourth-order valence-corrected chi connectivity index (χ4v) is 1.66. The van der Waals surface area contributed by atoms with Gasteiger partial charge in [-0.3, -0.25) is 9.59 Å². The maximum absolute atomic E-state index is 11.9. The van der Waals surface area contributed by atoms with Crippen molar-refractivity contribution in [2.75, 3.05) is 7.11 Å². The number of carbonyl (C=O) groups excluding carboxylic acids is 1. The fraction of sp³-hybridized carbons (Fsp3) is 0.333. The van der Waals surface area contributed by atoms with Gasteiger partial charge in [-0.15, -0.1) is 0 Å². The monoisotopic (exact) mass is 256 g/mol. The molecule has 0 saturated carbocycles. The topological polar surface area (TPSA) is 63.6 Å². The first kappa shape index (κ1) is 13.5. The van der Waals surface area contributed by atoms with Crippen molar-refractivity contribution >= 4 is 23.4 Å². The van der Waals surface area contributed by atoms with Crippen molar-refractivity contribution in [3.05, 3.63) is 28.3 Å². The van der Waals surface area contributed by atoms with E-state index in [9.17, 15) is 9.59 Å². The van der Waals surface area contributed by atoms with E-state index in [1.807, 2.05) is 0 Å². The van der Waals surface area contributed by atoms with Crippen molar-refractivity contribution in [3.8, 4) is 5.75 Å². The lowest BCUT2D eigenvalue weighted by Gasteiger charge is -2.11. The quantitative estimate of drug-likeness (QED) is 0.664. The summed E-state index contributed by atoms with van der Waals surface area (Å²) < 4.78 is 5.01. The van der Waals surface area contributed by atoms with Crippen LogP contribution >= 0.6 is 11.6 Å². The fourth-order valence-electron chi connectivity index (χ4n) is 1.42. The third kappa shape index (κ3) is 2.77. The molecule has 4 nitrogen and oxygen atoms in total. The Morgan fingerprint density at radius 3 is 2.47 bits per heavy atom.